The van der Waals surface area contributed by atoms with Gasteiger partial charge in [0.2, 0.25) is 0 Å². The minimum atomic E-state index is -0.198. The molecule has 0 unspecified atom stereocenters. The third-order valence-corrected chi connectivity index (χ3v) is 5.62. The van der Waals surface area contributed by atoms with Crippen LogP contribution in [0.5, 0.6) is 0 Å². The fourth-order valence-corrected chi connectivity index (χ4v) is 4.02. The monoisotopic (exact) mass is 347 g/mol. The summed E-state index contributed by atoms with van der Waals surface area (Å²) in [5, 5.41) is 3.10. The number of hydrogen-bond donors (Lipinski definition) is 1. The molecule has 0 heterocycles. The molecule has 1 saturated carbocycles. The topological polar surface area (TPSA) is 63.2 Å². The number of nitrogens with one attached hydrogen (secondary N) is 1. The van der Waals surface area contributed by atoms with Gasteiger partial charge in [0.15, 0.2) is 11.6 Å². The van der Waals surface area contributed by atoms with E-state index >= 15 is 0 Å². The van der Waals surface area contributed by atoms with Gasteiger partial charge in [-0.05, 0) is 37.0 Å². The largest absolute Gasteiger partial charge is 0.349 e. The summed E-state index contributed by atoms with van der Waals surface area (Å²) in [5.74, 6) is -0.0787. The summed E-state index contributed by atoms with van der Waals surface area (Å²) in [5.41, 5.74) is 1.96. The normalized spacial score (nSPS) is 21.7. The van der Waals surface area contributed by atoms with Crippen LogP contribution >= 0.6 is 0 Å². The van der Waals surface area contributed by atoms with Gasteiger partial charge in [-0.3, -0.25) is 14.4 Å². The molecule has 0 aromatic heterocycles. The maximum atomic E-state index is 12.8. The van der Waals surface area contributed by atoms with Crippen LogP contribution in [0.25, 0.3) is 0 Å². The van der Waals surface area contributed by atoms with Crippen LogP contribution in [-0.2, 0) is 0 Å². The molecule has 2 aromatic carbocycles. The Balaban J connectivity index is 1.64. The third kappa shape index (κ3) is 2.75. The quantitative estimate of drug-likeness (QED) is 0.767. The highest BCUT2D eigenvalue weighted by molar-refractivity contribution is 6.28. The summed E-state index contributed by atoms with van der Waals surface area (Å²) in [6.45, 7) is 2.16. The lowest BCUT2D eigenvalue weighted by atomic mass is 9.83. The van der Waals surface area contributed by atoms with Crippen LogP contribution in [0.3, 0.4) is 0 Å². The summed E-state index contributed by atoms with van der Waals surface area (Å²) in [6, 6.07) is 11.8. The first kappa shape index (κ1) is 16.7. The number of ketones is 2. The van der Waals surface area contributed by atoms with Crippen molar-refractivity contribution in [1.29, 1.82) is 0 Å². The van der Waals surface area contributed by atoms with Crippen molar-refractivity contribution in [3.63, 3.8) is 0 Å². The molecule has 4 heteroatoms. The van der Waals surface area contributed by atoms with Gasteiger partial charge in [0, 0.05) is 33.9 Å². The van der Waals surface area contributed by atoms with Crippen molar-refractivity contribution in [2.24, 2.45) is 5.92 Å². The van der Waals surface area contributed by atoms with Crippen molar-refractivity contribution < 1.29 is 14.4 Å². The minimum absolute atomic E-state index is 0.164. The van der Waals surface area contributed by atoms with Crippen LogP contribution in [0, 0.1) is 5.92 Å². The average molecular weight is 347 g/mol. The van der Waals surface area contributed by atoms with Gasteiger partial charge in [-0.15, -0.1) is 0 Å². The molecule has 2 aliphatic rings. The number of hydrogen-bond acceptors (Lipinski definition) is 3. The molecule has 0 spiro atoms. The van der Waals surface area contributed by atoms with Crippen LogP contribution in [-0.4, -0.2) is 23.5 Å². The van der Waals surface area contributed by atoms with Gasteiger partial charge in [-0.1, -0.05) is 44.0 Å². The zero-order valence-electron chi connectivity index (χ0n) is 14.7. The molecule has 1 amide bonds. The Hall–Kier alpha value is -2.75. The predicted octanol–water partition coefficient (Wildman–Crippen LogP) is 3.77. The molecule has 4 rings (SSSR count). The summed E-state index contributed by atoms with van der Waals surface area (Å²) >= 11 is 0. The van der Waals surface area contributed by atoms with Gasteiger partial charge in [-0.25, -0.2) is 0 Å². The lowest BCUT2D eigenvalue weighted by Crippen LogP contribution is -2.41. The fraction of sp³-hybridized carbons (Fsp3) is 0.318. The van der Waals surface area contributed by atoms with E-state index in [-0.39, 0.29) is 23.5 Å². The van der Waals surface area contributed by atoms with E-state index in [9.17, 15) is 14.4 Å². The molecular weight excluding hydrogens is 326 g/mol. The molecule has 0 saturated heterocycles. The fourth-order valence-electron chi connectivity index (χ4n) is 4.02. The lowest BCUT2D eigenvalue weighted by molar-refractivity contribution is 0.0909. The average Bonchev–Trinajstić information content (AvgIpc) is 2.67. The van der Waals surface area contributed by atoms with Gasteiger partial charge in [0.05, 0.1) is 0 Å². The van der Waals surface area contributed by atoms with Crippen molar-refractivity contribution in [2.45, 2.75) is 38.6 Å². The summed E-state index contributed by atoms with van der Waals surface area (Å²) < 4.78 is 0. The molecule has 2 aliphatic carbocycles. The first-order chi connectivity index (χ1) is 12.6. The van der Waals surface area contributed by atoms with E-state index in [2.05, 4.69) is 12.2 Å². The van der Waals surface area contributed by atoms with Crippen LogP contribution in [0.2, 0.25) is 0 Å². The first-order valence-corrected chi connectivity index (χ1v) is 9.19. The molecule has 4 nitrogen and oxygen atoms in total. The van der Waals surface area contributed by atoms with Gasteiger partial charge >= 0.3 is 0 Å². The summed E-state index contributed by atoms with van der Waals surface area (Å²) in [4.78, 5) is 38.1. The number of benzene rings is 2. The SMILES string of the molecule is C[C@H]1CCCC[C@@H]1NC(=O)c1ccc2c(c1)C(=O)c1ccccc1C2=O. The number of amides is 1. The van der Waals surface area contributed by atoms with Crippen molar-refractivity contribution in [2.75, 3.05) is 0 Å². The first-order valence-electron chi connectivity index (χ1n) is 9.19. The Kier molecular flexibility index (Phi) is 4.19. The van der Waals surface area contributed by atoms with Crippen molar-refractivity contribution in [3.8, 4) is 0 Å². The Labute approximate surface area is 152 Å². The number of carbonyl (C=O) groups excluding carboxylic acids is 3. The highest BCUT2D eigenvalue weighted by Gasteiger charge is 2.30. The van der Waals surface area contributed by atoms with Gasteiger partial charge in [0.1, 0.15) is 0 Å². The van der Waals surface area contributed by atoms with Gasteiger partial charge < -0.3 is 5.32 Å². The van der Waals surface area contributed by atoms with Crippen molar-refractivity contribution in [1.82, 2.24) is 5.32 Å². The molecule has 0 radical (unpaired) electrons. The van der Waals surface area contributed by atoms with E-state index < -0.39 is 0 Å². The minimum Gasteiger partial charge on any atom is -0.349 e. The molecule has 0 bridgehead atoms. The van der Waals surface area contributed by atoms with Gasteiger partial charge in [0.25, 0.3) is 5.91 Å². The molecule has 1 fully saturated rings. The second-order valence-corrected chi connectivity index (χ2v) is 7.31. The predicted molar refractivity (Wildman–Crippen MR) is 98.6 cm³/mol. The summed E-state index contributed by atoms with van der Waals surface area (Å²) in [6.07, 6.45) is 4.45. The zero-order chi connectivity index (χ0) is 18.3. The maximum Gasteiger partial charge on any atom is 0.251 e. The van der Waals surface area contributed by atoms with Crippen molar-refractivity contribution in [3.05, 3.63) is 70.3 Å². The van der Waals surface area contributed by atoms with Crippen molar-refractivity contribution >= 4 is 17.5 Å². The van der Waals surface area contributed by atoms with E-state index in [4.69, 9.17) is 0 Å². The Morgan fingerprint density at radius 3 is 2.19 bits per heavy atom. The lowest BCUT2D eigenvalue weighted by Gasteiger charge is -2.29. The van der Waals surface area contributed by atoms with E-state index in [1.807, 2.05) is 0 Å². The van der Waals surface area contributed by atoms with E-state index in [0.717, 1.165) is 19.3 Å². The Bertz CT molecular complexity index is 915. The van der Waals surface area contributed by atoms with Gasteiger partial charge in [-0.2, -0.15) is 0 Å². The van der Waals surface area contributed by atoms with Crippen LogP contribution in [0.15, 0.2) is 42.5 Å². The van der Waals surface area contributed by atoms with E-state index in [0.29, 0.717) is 33.7 Å². The molecule has 2 atom stereocenters. The van der Waals surface area contributed by atoms with Crippen LogP contribution in [0.4, 0.5) is 0 Å². The van der Waals surface area contributed by atoms with E-state index in [1.54, 1.807) is 42.5 Å². The van der Waals surface area contributed by atoms with Crippen LogP contribution < -0.4 is 5.32 Å². The van der Waals surface area contributed by atoms with Crippen LogP contribution in [0.1, 0.15) is 74.8 Å². The maximum absolute atomic E-state index is 12.8. The highest BCUT2D eigenvalue weighted by atomic mass is 16.2. The summed E-state index contributed by atoms with van der Waals surface area (Å²) in [7, 11) is 0. The second-order valence-electron chi connectivity index (χ2n) is 7.31. The molecule has 26 heavy (non-hydrogen) atoms. The standard InChI is InChI=1S/C22H21NO3/c1-13-6-2-5-9-19(13)23-22(26)14-10-11-17-18(12-14)21(25)16-8-4-3-7-15(16)20(17)24/h3-4,7-8,10-13,19H,2,5-6,9H2,1H3,(H,23,26)/t13-,19-/m0/s1. The molecule has 0 aliphatic heterocycles. The molecule has 2 aromatic rings. The second kappa shape index (κ2) is 6.52. The number of carbonyl (C=O) groups is 3. The molecule has 1 N–H and O–H groups in total. The third-order valence-electron chi connectivity index (χ3n) is 5.62. The molecule has 132 valence electrons. The number of fused-ring (bicyclic) bond motifs is 2. The smallest absolute Gasteiger partial charge is 0.251 e. The number of rotatable bonds is 2. The highest BCUT2D eigenvalue weighted by Crippen LogP contribution is 2.28. The zero-order valence-corrected chi connectivity index (χ0v) is 14.7. The Morgan fingerprint density at radius 2 is 1.50 bits per heavy atom. The Morgan fingerprint density at radius 1 is 0.885 bits per heavy atom. The van der Waals surface area contributed by atoms with E-state index in [1.165, 1.54) is 6.42 Å². The molecular formula is C22H21NO3.